The Balaban J connectivity index is 2.24. The van der Waals surface area contributed by atoms with E-state index in [0.29, 0.717) is 18.7 Å². The van der Waals surface area contributed by atoms with Gasteiger partial charge in [0.05, 0.1) is 11.5 Å². The molecule has 0 aromatic carbocycles. The highest BCUT2D eigenvalue weighted by Gasteiger charge is 2.23. The summed E-state index contributed by atoms with van der Waals surface area (Å²) >= 11 is 0. The first-order chi connectivity index (χ1) is 7.03. The van der Waals surface area contributed by atoms with E-state index in [0.717, 1.165) is 12.8 Å². The zero-order valence-corrected chi connectivity index (χ0v) is 9.77. The first-order valence-electron chi connectivity index (χ1n) is 5.18. The number of hydrogen-bond acceptors (Lipinski definition) is 4. The lowest BCUT2D eigenvalue weighted by molar-refractivity contribution is -0.120. The van der Waals surface area contributed by atoms with Crippen LogP contribution in [-0.2, 0) is 14.6 Å². The summed E-state index contributed by atoms with van der Waals surface area (Å²) in [5, 5.41) is 5.62. The minimum Gasteiger partial charge on any atom is -0.359 e. The van der Waals surface area contributed by atoms with Gasteiger partial charge in [-0.05, 0) is 12.8 Å². The van der Waals surface area contributed by atoms with Crippen molar-refractivity contribution >= 4 is 15.7 Å². The topological polar surface area (TPSA) is 75.3 Å². The molecule has 6 heteroatoms. The van der Waals surface area contributed by atoms with Gasteiger partial charge in [-0.15, -0.1) is 0 Å². The van der Waals surface area contributed by atoms with Gasteiger partial charge in [0.25, 0.3) is 0 Å². The van der Waals surface area contributed by atoms with Crippen LogP contribution in [0.5, 0.6) is 0 Å². The van der Waals surface area contributed by atoms with Crippen molar-refractivity contribution in [1.29, 1.82) is 0 Å². The van der Waals surface area contributed by atoms with Gasteiger partial charge in [-0.3, -0.25) is 4.79 Å². The van der Waals surface area contributed by atoms with Crippen molar-refractivity contribution in [3.8, 4) is 0 Å². The van der Waals surface area contributed by atoms with Crippen LogP contribution in [0.3, 0.4) is 0 Å². The molecule has 0 bridgehead atoms. The maximum absolute atomic E-state index is 11.3. The van der Waals surface area contributed by atoms with E-state index in [2.05, 4.69) is 10.6 Å². The van der Waals surface area contributed by atoms with Gasteiger partial charge in [-0.25, -0.2) is 8.42 Å². The molecule has 0 radical (unpaired) electrons. The molecular weight excluding hydrogens is 216 g/mol. The maximum atomic E-state index is 11.3. The number of nitrogens with one attached hydrogen (secondary N) is 2. The van der Waals surface area contributed by atoms with Crippen molar-refractivity contribution < 1.29 is 13.2 Å². The van der Waals surface area contributed by atoms with Crippen molar-refractivity contribution in [3.05, 3.63) is 0 Å². The van der Waals surface area contributed by atoms with E-state index in [-0.39, 0.29) is 17.7 Å². The molecule has 1 unspecified atom stereocenters. The van der Waals surface area contributed by atoms with E-state index in [9.17, 15) is 13.2 Å². The van der Waals surface area contributed by atoms with Gasteiger partial charge < -0.3 is 10.6 Å². The Morgan fingerprint density at radius 3 is 2.80 bits per heavy atom. The largest absolute Gasteiger partial charge is 0.359 e. The van der Waals surface area contributed by atoms with Crippen molar-refractivity contribution in [2.45, 2.75) is 25.3 Å². The fourth-order valence-corrected chi connectivity index (χ4v) is 3.37. The third-order valence-electron chi connectivity index (χ3n) is 2.53. The number of carbonyl (C=O) groups excluding carboxylic acids is 1. The number of carbonyl (C=O) groups is 1. The van der Waals surface area contributed by atoms with Crippen molar-refractivity contribution in [2.75, 3.05) is 25.1 Å². The molecule has 1 amide bonds. The lowest BCUT2D eigenvalue weighted by atomic mass is 10.2. The lowest BCUT2D eigenvalue weighted by Crippen LogP contribution is -2.41. The smallest absolute Gasteiger partial charge is 0.221 e. The molecule has 1 atom stereocenters. The van der Waals surface area contributed by atoms with Gasteiger partial charge in [-0.2, -0.15) is 0 Å². The zero-order valence-electron chi connectivity index (χ0n) is 8.95. The second-order valence-corrected chi connectivity index (χ2v) is 6.06. The van der Waals surface area contributed by atoms with Crippen LogP contribution in [0.4, 0.5) is 0 Å². The summed E-state index contributed by atoms with van der Waals surface area (Å²) in [5.41, 5.74) is 0. The highest BCUT2D eigenvalue weighted by molar-refractivity contribution is 7.91. The van der Waals surface area contributed by atoms with Gasteiger partial charge in [0.2, 0.25) is 5.91 Å². The van der Waals surface area contributed by atoms with Gasteiger partial charge >= 0.3 is 0 Å². The normalized spacial score (nSPS) is 24.7. The van der Waals surface area contributed by atoms with Crippen LogP contribution >= 0.6 is 0 Å². The van der Waals surface area contributed by atoms with Crippen LogP contribution < -0.4 is 10.6 Å². The highest BCUT2D eigenvalue weighted by atomic mass is 32.2. The monoisotopic (exact) mass is 234 g/mol. The third-order valence-corrected chi connectivity index (χ3v) is 4.35. The number of sulfone groups is 1. The van der Waals surface area contributed by atoms with Crippen LogP contribution in [0.1, 0.15) is 19.3 Å². The van der Waals surface area contributed by atoms with Crippen LogP contribution in [0.25, 0.3) is 0 Å². The minimum absolute atomic E-state index is 0.0217. The summed E-state index contributed by atoms with van der Waals surface area (Å²) in [6.45, 7) is 0.542. The van der Waals surface area contributed by atoms with Gasteiger partial charge in [0, 0.05) is 26.1 Å². The summed E-state index contributed by atoms with van der Waals surface area (Å²) in [4.78, 5) is 10.9. The van der Waals surface area contributed by atoms with Crippen LogP contribution in [0.15, 0.2) is 0 Å². The predicted octanol–water partition coefficient (Wildman–Crippen LogP) is -0.711. The molecule has 0 spiro atoms. The molecule has 1 saturated heterocycles. The fourth-order valence-electron chi connectivity index (χ4n) is 1.70. The van der Waals surface area contributed by atoms with Crippen LogP contribution in [0, 0.1) is 0 Å². The molecule has 1 rings (SSSR count). The predicted molar refractivity (Wildman–Crippen MR) is 58.4 cm³/mol. The summed E-state index contributed by atoms with van der Waals surface area (Å²) in [6.07, 6.45) is 2.00. The molecule has 1 aliphatic rings. The van der Waals surface area contributed by atoms with Gasteiger partial charge in [-0.1, -0.05) is 0 Å². The van der Waals surface area contributed by atoms with E-state index < -0.39 is 9.84 Å². The molecule has 1 heterocycles. The quantitative estimate of drug-likeness (QED) is 0.674. The Hall–Kier alpha value is -0.620. The summed E-state index contributed by atoms with van der Waals surface area (Å²) in [5.74, 6) is 0.489. The first kappa shape index (κ1) is 12.4. The van der Waals surface area contributed by atoms with Crippen LogP contribution in [-0.4, -0.2) is 45.5 Å². The lowest BCUT2D eigenvalue weighted by Gasteiger charge is -2.22. The zero-order chi connectivity index (χ0) is 11.3. The summed E-state index contributed by atoms with van der Waals surface area (Å²) in [6, 6.07) is 0.0217. The Morgan fingerprint density at radius 2 is 2.20 bits per heavy atom. The second-order valence-electron chi connectivity index (χ2n) is 3.83. The molecule has 1 fully saturated rings. The van der Waals surface area contributed by atoms with E-state index in [1.807, 2.05) is 0 Å². The minimum atomic E-state index is -2.85. The van der Waals surface area contributed by atoms with E-state index in [1.54, 1.807) is 7.05 Å². The molecule has 0 aromatic rings. The highest BCUT2D eigenvalue weighted by Crippen LogP contribution is 2.11. The number of amides is 1. The molecule has 2 N–H and O–H groups in total. The maximum Gasteiger partial charge on any atom is 0.221 e. The molecule has 5 nitrogen and oxygen atoms in total. The van der Waals surface area contributed by atoms with Crippen molar-refractivity contribution in [1.82, 2.24) is 10.6 Å². The molecular formula is C9H18N2O3S. The van der Waals surface area contributed by atoms with Gasteiger partial charge in [0.15, 0.2) is 9.84 Å². The number of rotatable bonds is 4. The van der Waals surface area contributed by atoms with E-state index >= 15 is 0 Å². The van der Waals surface area contributed by atoms with E-state index in [1.165, 1.54) is 0 Å². The Kier molecular flexibility index (Phi) is 4.53. The molecule has 88 valence electrons. The molecule has 0 aliphatic carbocycles. The van der Waals surface area contributed by atoms with Crippen LogP contribution in [0.2, 0.25) is 0 Å². The fraction of sp³-hybridized carbons (Fsp3) is 0.889. The molecule has 1 aliphatic heterocycles. The standard InChI is InChI=1S/C9H18N2O3S/c1-10-9(12)4-5-11-8-3-2-6-15(13,14)7-8/h8,11H,2-7H2,1H3,(H,10,12). The SMILES string of the molecule is CNC(=O)CCNC1CCCS(=O)(=O)C1. The Bertz CT molecular complexity index is 313. The van der Waals surface area contributed by atoms with Gasteiger partial charge in [0.1, 0.15) is 0 Å². The molecule has 15 heavy (non-hydrogen) atoms. The third kappa shape index (κ3) is 4.61. The second kappa shape index (κ2) is 5.46. The summed E-state index contributed by atoms with van der Waals surface area (Å²) in [7, 11) is -1.26. The Morgan fingerprint density at radius 1 is 1.47 bits per heavy atom. The number of hydrogen-bond donors (Lipinski definition) is 2. The molecule has 0 aromatic heterocycles. The summed E-state index contributed by atoms with van der Waals surface area (Å²) < 4.78 is 22.6. The van der Waals surface area contributed by atoms with E-state index in [4.69, 9.17) is 0 Å². The van der Waals surface area contributed by atoms with Crippen molar-refractivity contribution in [3.63, 3.8) is 0 Å². The average Bonchev–Trinajstić information content (AvgIpc) is 2.16. The molecule has 0 saturated carbocycles. The Labute approximate surface area is 90.5 Å². The van der Waals surface area contributed by atoms with Crippen molar-refractivity contribution in [2.24, 2.45) is 0 Å². The average molecular weight is 234 g/mol. The first-order valence-corrected chi connectivity index (χ1v) is 7.00.